The Hall–Kier alpha value is -1.38. The van der Waals surface area contributed by atoms with Crippen LogP contribution in [-0.4, -0.2) is 33.9 Å². The lowest BCUT2D eigenvalue weighted by Crippen LogP contribution is -2.31. The standard InChI is InChI=1S/C11H11ClF3NO4/c1-2-20-10(19)9(18)8(17)5-3-7(12)16-4-6(5)11(13,14)15/h3-4,8-9,17-18H,2H2,1H3. The fourth-order valence-electron chi connectivity index (χ4n) is 1.45. The summed E-state index contributed by atoms with van der Waals surface area (Å²) >= 11 is 5.47. The average Bonchev–Trinajstić information content (AvgIpc) is 2.35. The Bertz CT molecular complexity index is 495. The van der Waals surface area contributed by atoms with Crippen LogP contribution in [0, 0.1) is 0 Å². The number of aromatic nitrogens is 1. The first kappa shape index (κ1) is 16.7. The van der Waals surface area contributed by atoms with Gasteiger partial charge in [0, 0.05) is 11.8 Å². The van der Waals surface area contributed by atoms with E-state index in [4.69, 9.17) is 11.6 Å². The van der Waals surface area contributed by atoms with Gasteiger partial charge >= 0.3 is 12.1 Å². The van der Waals surface area contributed by atoms with E-state index in [1.54, 1.807) is 0 Å². The molecule has 1 aromatic heterocycles. The minimum absolute atomic E-state index is 0.0914. The van der Waals surface area contributed by atoms with E-state index >= 15 is 0 Å². The minimum Gasteiger partial charge on any atom is -0.464 e. The third-order valence-corrected chi connectivity index (χ3v) is 2.56. The molecule has 0 aromatic carbocycles. The fourth-order valence-corrected chi connectivity index (χ4v) is 1.62. The number of hydrogen-bond donors (Lipinski definition) is 2. The van der Waals surface area contributed by atoms with Gasteiger partial charge in [0.05, 0.1) is 12.2 Å². The van der Waals surface area contributed by atoms with Gasteiger partial charge in [0.1, 0.15) is 11.3 Å². The number of halogens is 4. The summed E-state index contributed by atoms with van der Waals surface area (Å²) in [4.78, 5) is 14.5. The normalized spacial score (nSPS) is 14.8. The quantitative estimate of drug-likeness (QED) is 0.653. The molecule has 0 amide bonds. The van der Waals surface area contributed by atoms with Crippen molar-refractivity contribution in [2.45, 2.75) is 25.3 Å². The average molecular weight is 314 g/mol. The van der Waals surface area contributed by atoms with Crippen LogP contribution in [0.25, 0.3) is 0 Å². The fraction of sp³-hybridized carbons (Fsp3) is 0.455. The molecule has 0 saturated carbocycles. The molecule has 2 unspecified atom stereocenters. The van der Waals surface area contributed by atoms with Crippen LogP contribution >= 0.6 is 11.6 Å². The molecular formula is C11H11ClF3NO4. The second-order valence-corrected chi connectivity index (χ2v) is 4.12. The molecule has 0 saturated heterocycles. The van der Waals surface area contributed by atoms with Crippen LogP contribution in [0.2, 0.25) is 5.15 Å². The Balaban J connectivity index is 3.17. The van der Waals surface area contributed by atoms with Crippen molar-refractivity contribution in [2.75, 3.05) is 6.61 Å². The lowest BCUT2D eigenvalue weighted by atomic mass is 10.0. The first-order chi connectivity index (χ1) is 9.18. The first-order valence-corrected chi connectivity index (χ1v) is 5.81. The van der Waals surface area contributed by atoms with E-state index in [0.29, 0.717) is 6.20 Å². The zero-order valence-electron chi connectivity index (χ0n) is 10.2. The van der Waals surface area contributed by atoms with Crippen molar-refractivity contribution >= 4 is 17.6 Å². The van der Waals surface area contributed by atoms with Gasteiger partial charge in [0.2, 0.25) is 0 Å². The van der Waals surface area contributed by atoms with Crippen molar-refractivity contribution in [1.82, 2.24) is 4.98 Å². The van der Waals surface area contributed by atoms with E-state index in [-0.39, 0.29) is 11.8 Å². The molecule has 0 aliphatic carbocycles. The zero-order valence-corrected chi connectivity index (χ0v) is 10.9. The Morgan fingerprint density at radius 3 is 2.60 bits per heavy atom. The predicted molar refractivity (Wildman–Crippen MR) is 61.8 cm³/mol. The molecule has 20 heavy (non-hydrogen) atoms. The molecule has 9 heteroatoms. The highest BCUT2D eigenvalue weighted by atomic mass is 35.5. The van der Waals surface area contributed by atoms with Crippen LogP contribution in [0.4, 0.5) is 13.2 Å². The molecule has 1 rings (SSSR count). The van der Waals surface area contributed by atoms with Crippen molar-refractivity contribution < 1.29 is 32.9 Å². The molecule has 1 heterocycles. The van der Waals surface area contributed by atoms with Gasteiger partial charge in [0.25, 0.3) is 0 Å². The molecule has 0 aliphatic rings. The van der Waals surface area contributed by atoms with Crippen LogP contribution in [0.15, 0.2) is 12.3 Å². The monoisotopic (exact) mass is 313 g/mol. The van der Waals surface area contributed by atoms with E-state index in [2.05, 4.69) is 9.72 Å². The van der Waals surface area contributed by atoms with Crippen LogP contribution in [-0.2, 0) is 15.7 Å². The molecule has 1 aromatic rings. The summed E-state index contributed by atoms with van der Waals surface area (Å²) in [5.41, 5.74) is -2.05. The SMILES string of the molecule is CCOC(=O)C(O)C(O)c1cc(Cl)ncc1C(F)(F)F. The topological polar surface area (TPSA) is 79.7 Å². The summed E-state index contributed by atoms with van der Waals surface area (Å²) in [7, 11) is 0. The summed E-state index contributed by atoms with van der Waals surface area (Å²) in [6.45, 7) is 1.35. The number of nitrogens with zero attached hydrogens (tertiary/aromatic N) is 1. The second-order valence-electron chi connectivity index (χ2n) is 3.73. The van der Waals surface area contributed by atoms with E-state index < -0.39 is 35.5 Å². The molecule has 0 bridgehead atoms. The third kappa shape index (κ3) is 3.81. The lowest BCUT2D eigenvalue weighted by Gasteiger charge is -2.20. The number of carbonyl (C=O) groups is 1. The van der Waals surface area contributed by atoms with Crippen molar-refractivity contribution in [3.63, 3.8) is 0 Å². The van der Waals surface area contributed by atoms with Crippen molar-refractivity contribution in [1.29, 1.82) is 0 Å². The van der Waals surface area contributed by atoms with E-state index in [1.807, 2.05) is 0 Å². The van der Waals surface area contributed by atoms with Crippen LogP contribution in [0.1, 0.15) is 24.2 Å². The summed E-state index contributed by atoms with van der Waals surface area (Å²) < 4.78 is 42.7. The smallest absolute Gasteiger partial charge is 0.418 e. The highest BCUT2D eigenvalue weighted by molar-refractivity contribution is 6.29. The van der Waals surface area contributed by atoms with Gasteiger partial charge in [-0.1, -0.05) is 11.6 Å². The van der Waals surface area contributed by atoms with Crippen LogP contribution in [0.3, 0.4) is 0 Å². The van der Waals surface area contributed by atoms with Crippen molar-refractivity contribution in [3.05, 3.63) is 28.5 Å². The maximum absolute atomic E-state index is 12.8. The van der Waals surface area contributed by atoms with Gasteiger partial charge in [-0.2, -0.15) is 13.2 Å². The van der Waals surface area contributed by atoms with Crippen LogP contribution in [0.5, 0.6) is 0 Å². The van der Waals surface area contributed by atoms with Gasteiger partial charge in [-0.3, -0.25) is 0 Å². The predicted octanol–water partition coefficient (Wildman–Crippen LogP) is 1.71. The molecule has 2 N–H and O–H groups in total. The van der Waals surface area contributed by atoms with E-state index in [9.17, 15) is 28.2 Å². The van der Waals surface area contributed by atoms with Gasteiger partial charge < -0.3 is 14.9 Å². The minimum atomic E-state index is -4.82. The third-order valence-electron chi connectivity index (χ3n) is 2.35. The number of alkyl halides is 3. The Morgan fingerprint density at radius 1 is 1.50 bits per heavy atom. The summed E-state index contributed by atoms with van der Waals surface area (Å²) in [5.74, 6) is -1.24. The zero-order chi connectivity index (χ0) is 15.5. The summed E-state index contributed by atoms with van der Waals surface area (Å²) in [5, 5.41) is 18.9. The summed E-state index contributed by atoms with van der Waals surface area (Å²) in [6, 6.07) is 0.734. The maximum Gasteiger partial charge on any atom is 0.418 e. The Kier molecular flexibility index (Phi) is 5.32. The number of esters is 1. The lowest BCUT2D eigenvalue weighted by molar-refractivity contribution is -0.161. The number of pyridine rings is 1. The summed E-state index contributed by atoms with van der Waals surface area (Å²) in [6.07, 6.45) is -8.69. The Morgan fingerprint density at radius 2 is 2.10 bits per heavy atom. The molecule has 2 atom stereocenters. The molecule has 5 nitrogen and oxygen atoms in total. The number of aliphatic hydroxyl groups is 2. The van der Waals surface area contributed by atoms with Gasteiger partial charge in [-0.25, -0.2) is 9.78 Å². The largest absolute Gasteiger partial charge is 0.464 e. The maximum atomic E-state index is 12.8. The molecule has 0 aliphatic heterocycles. The number of aliphatic hydroxyl groups excluding tert-OH is 2. The van der Waals surface area contributed by atoms with E-state index in [0.717, 1.165) is 6.07 Å². The first-order valence-electron chi connectivity index (χ1n) is 5.43. The van der Waals surface area contributed by atoms with Gasteiger partial charge in [0.15, 0.2) is 6.10 Å². The molecule has 0 radical (unpaired) electrons. The van der Waals surface area contributed by atoms with Crippen molar-refractivity contribution in [2.24, 2.45) is 0 Å². The Labute approximate surface area is 117 Å². The molecule has 112 valence electrons. The number of rotatable bonds is 4. The van der Waals surface area contributed by atoms with Crippen LogP contribution < -0.4 is 0 Å². The van der Waals surface area contributed by atoms with Gasteiger partial charge in [-0.05, 0) is 13.0 Å². The molecule has 0 spiro atoms. The molecular weight excluding hydrogens is 303 g/mol. The molecule has 0 fully saturated rings. The highest BCUT2D eigenvalue weighted by Crippen LogP contribution is 2.36. The van der Waals surface area contributed by atoms with E-state index in [1.165, 1.54) is 6.92 Å². The van der Waals surface area contributed by atoms with Gasteiger partial charge in [-0.15, -0.1) is 0 Å². The number of hydrogen-bond acceptors (Lipinski definition) is 5. The second kappa shape index (κ2) is 6.38. The van der Waals surface area contributed by atoms with Crippen molar-refractivity contribution in [3.8, 4) is 0 Å². The number of ether oxygens (including phenoxy) is 1. The highest BCUT2D eigenvalue weighted by Gasteiger charge is 2.38. The number of carbonyl (C=O) groups excluding carboxylic acids is 1.